The van der Waals surface area contributed by atoms with Crippen LogP contribution in [0.5, 0.6) is 0 Å². The van der Waals surface area contributed by atoms with Crippen molar-refractivity contribution in [2.75, 3.05) is 5.73 Å². The second-order valence-electron chi connectivity index (χ2n) is 3.73. The van der Waals surface area contributed by atoms with Gasteiger partial charge in [0.05, 0.1) is 10.4 Å². The standard InChI is InChI=1S/C11H12N4O2/c1-2-3-10-13-9-5-4-7(15(16)17)6-8(9)11(12)14-10/h4-6H,2-3H2,1H3,(H2,12,13,14). The SMILES string of the molecule is CCCc1nc(N)c2cc([N+](=O)[O-])ccc2n1. The Kier molecular flexibility index (Phi) is 2.86. The van der Waals surface area contributed by atoms with Crippen molar-refractivity contribution in [1.82, 2.24) is 9.97 Å². The van der Waals surface area contributed by atoms with Crippen LogP contribution in [0, 0.1) is 10.1 Å². The van der Waals surface area contributed by atoms with Gasteiger partial charge in [0.25, 0.3) is 5.69 Å². The summed E-state index contributed by atoms with van der Waals surface area (Å²) in [6, 6.07) is 4.43. The lowest BCUT2D eigenvalue weighted by Gasteiger charge is -2.04. The monoisotopic (exact) mass is 232 g/mol. The molecule has 1 aromatic heterocycles. The van der Waals surface area contributed by atoms with Gasteiger partial charge >= 0.3 is 0 Å². The fourth-order valence-corrected chi connectivity index (χ4v) is 1.64. The average Bonchev–Trinajstić information content (AvgIpc) is 2.29. The lowest BCUT2D eigenvalue weighted by atomic mass is 10.2. The first-order chi connectivity index (χ1) is 8.11. The highest BCUT2D eigenvalue weighted by Crippen LogP contribution is 2.23. The van der Waals surface area contributed by atoms with Gasteiger partial charge in [0.1, 0.15) is 11.6 Å². The van der Waals surface area contributed by atoms with E-state index in [4.69, 9.17) is 5.73 Å². The number of nitrogens with two attached hydrogens (primary N) is 1. The number of aryl methyl sites for hydroxylation is 1. The second kappa shape index (κ2) is 4.32. The molecule has 1 heterocycles. The maximum absolute atomic E-state index is 10.6. The van der Waals surface area contributed by atoms with E-state index in [1.165, 1.54) is 12.1 Å². The number of nitrogen functional groups attached to an aromatic ring is 1. The number of nitro groups is 1. The van der Waals surface area contributed by atoms with Crippen LogP contribution >= 0.6 is 0 Å². The fourth-order valence-electron chi connectivity index (χ4n) is 1.64. The number of aromatic nitrogens is 2. The van der Waals surface area contributed by atoms with Crippen LogP contribution < -0.4 is 5.73 Å². The molecule has 0 fully saturated rings. The smallest absolute Gasteiger partial charge is 0.270 e. The highest BCUT2D eigenvalue weighted by atomic mass is 16.6. The molecular weight excluding hydrogens is 220 g/mol. The largest absolute Gasteiger partial charge is 0.383 e. The molecule has 0 radical (unpaired) electrons. The van der Waals surface area contributed by atoms with Crippen LogP contribution in [0.25, 0.3) is 10.9 Å². The van der Waals surface area contributed by atoms with Crippen molar-refractivity contribution >= 4 is 22.4 Å². The average molecular weight is 232 g/mol. The topological polar surface area (TPSA) is 94.9 Å². The van der Waals surface area contributed by atoms with Crippen LogP contribution in [0.1, 0.15) is 19.2 Å². The Bertz CT molecular complexity index is 583. The first-order valence-electron chi connectivity index (χ1n) is 5.32. The maximum atomic E-state index is 10.6. The molecule has 2 aromatic rings. The van der Waals surface area contributed by atoms with Crippen LogP contribution in [-0.2, 0) is 6.42 Å². The molecule has 0 unspecified atom stereocenters. The van der Waals surface area contributed by atoms with Crippen LogP contribution in [-0.4, -0.2) is 14.9 Å². The molecule has 6 nitrogen and oxygen atoms in total. The molecule has 0 saturated carbocycles. The van der Waals surface area contributed by atoms with Crippen molar-refractivity contribution in [3.8, 4) is 0 Å². The number of nitrogens with zero attached hydrogens (tertiary/aromatic N) is 3. The molecular formula is C11H12N4O2. The number of rotatable bonds is 3. The van der Waals surface area contributed by atoms with Gasteiger partial charge in [-0.25, -0.2) is 9.97 Å². The van der Waals surface area contributed by atoms with Gasteiger partial charge in [0, 0.05) is 23.9 Å². The van der Waals surface area contributed by atoms with Gasteiger partial charge in [-0.05, 0) is 12.5 Å². The second-order valence-corrected chi connectivity index (χ2v) is 3.73. The summed E-state index contributed by atoms with van der Waals surface area (Å²) in [5.41, 5.74) is 6.42. The number of benzene rings is 1. The Balaban J connectivity index is 2.60. The summed E-state index contributed by atoms with van der Waals surface area (Å²) < 4.78 is 0. The number of nitro benzene ring substituents is 1. The Morgan fingerprint density at radius 2 is 2.18 bits per heavy atom. The fraction of sp³-hybridized carbons (Fsp3) is 0.273. The summed E-state index contributed by atoms with van der Waals surface area (Å²) >= 11 is 0. The molecule has 0 aliphatic carbocycles. The minimum absolute atomic E-state index is 0.00367. The third-order valence-corrected chi connectivity index (χ3v) is 2.44. The van der Waals surface area contributed by atoms with E-state index in [0.29, 0.717) is 22.5 Å². The summed E-state index contributed by atoms with van der Waals surface area (Å²) in [6.07, 6.45) is 1.68. The Morgan fingerprint density at radius 3 is 2.82 bits per heavy atom. The van der Waals surface area contributed by atoms with Crippen LogP contribution in [0.15, 0.2) is 18.2 Å². The van der Waals surface area contributed by atoms with E-state index in [0.717, 1.165) is 12.8 Å². The number of hydrogen-bond donors (Lipinski definition) is 1. The van der Waals surface area contributed by atoms with Crippen LogP contribution in [0.3, 0.4) is 0 Å². The minimum atomic E-state index is -0.459. The van der Waals surface area contributed by atoms with E-state index in [-0.39, 0.29) is 5.69 Å². The summed E-state index contributed by atoms with van der Waals surface area (Å²) in [5.74, 6) is 0.966. The summed E-state index contributed by atoms with van der Waals surface area (Å²) in [4.78, 5) is 18.6. The van der Waals surface area contributed by atoms with Gasteiger partial charge in [-0.1, -0.05) is 6.92 Å². The van der Waals surface area contributed by atoms with Gasteiger partial charge < -0.3 is 5.73 Å². The highest BCUT2D eigenvalue weighted by molar-refractivity contribution is 5.89. The Labute approximate surface area is 97.6 Å². The first-order valence-corrected chi connectivity index (χ1v) is 5.32. The Hall–Kier alpha value is -2.24. The number of non-ortho nitro benzene ring substituents is 1. The predicted octanol–water partition coefficient (Wildman–Crippen LogP) is 2.07. The quantitative estimate of drug-likeness (QED) is 0.645. The predicted molar refractivity (Wildman–Crippen MR) is 64.6 cm³/mol. The molecule has 88 valence electrons. The molecule has 0 spiro atoms. The van der Waals surface area contributed by atoms with E-state index in [1.54, 1.807) is 6.07 Å². The molecule has 0 amide bonds. The van der Waals surface area contributed by atoms with Crippen LogP contribution in [0.4, 0.5) is 11.5 Å². The van der Waals surface area contributed by atoms with Gasteiger partial charge in [0.2, 0.25) is 0 Å². The molecule has 6 heteroatoms. The zero-order chi connectivity index (χ0) is 12.4. The van der Waals surface area contributed by atoms with Crippen molar-refractivity contribution in [1.29, 1.82) is 0 Å². The summed E-state index contributed by atoms with van der Waals surface area (Å²) in [6.45, 7) is 2.03. The van der Waals surface area contributed by atoms with Gasteiger partial charge in [-0.15, -0.1) is 0 Å². The van der Waals surface area contributed by atoms with E-state index in [9.17, 15) is 10.1 Å². The number of anilines is 1. The molecule has 1 aromatic carbocycles. The molecule has 0 atom stereocenters. The van der Waals surface area contributed by atoms with Crippen molar-refractivity contribution in [2.45, 2.75) is 19.8 Å². The Morgan fingerprint density at radius 1 is 1.41 bits per heavy atom. The summed E-state index contributed by atoms with van der Waals surface area (Å²) in [5, 5.41) is 11.2. The zero-order valence-electron chi connectivity index (χ0n) is 9.38. The molecule has 0 aliphatic rings. The zero-order valence-corrected chi connectivity index (χ0v) is 9.38. The van der Waals surface area contributed by atoms with Crippen molar-refractivity contribution in [2.24, 2.45) is 0 Å². The van der Waals surface area contributed by atoms with E-state index >= 15 is 0 Å². The molecule has 0 aliphatic heterocycles. The van der Waals surface area contributed by atoms with Crippen molar-refractivity contribution < 1.29 is 4.92 Å². The minimum Gasteiger partial charge on any atom is -0.383 e. The van der Waals surface area contributed by atoms with E-state index in [2.05, 4.69) is 9.97 Å². The normalized spacial score (nSPS) is 10.6. The molecule has 0 bridgehead atoms. The maximum Gasteiger partial charge on any atom is 0.270 e. The highest BCUT2D eigenvalue weighted by Gasteiger charge is 2.10. The molecule has 2 rings (SSSR count). The van der Waals surface area contributed by atoms with Gasteiger partial charge in [-0.2, -0.15) is 0 Å². The number of fused-ring (bicyclic) bond motifs is 1. The van der Waals surface area contributed by atoms with Crippen LogP contribution in [0.2, 0.25) is 0 Å². The molecule has 0 saturated heterocycles. The number of hydrogen-bond acceptors (Lipinski definition) is 5. The van der Waals surface area contributed by atoms with Crippen molar-refractivity contribution in [3.63, 3.8) is 0 Å². The molecule has 17 heavy (non-hydrogen) atoms. The lowest BCUT2D eigenvalue weighted by Crippen LogP contribution is -2.01. The summed E-state index contributed by atoms with van der Waals surface area (Å²) in [7, 11) is 0. The van der Waals surface area contributed by atoms with Gasteiger partial charge in [0.15, 0.2) is 0 Å². The third-order valence-electron chi connectivity index (χ3n) is 2.44. The van der Waals surface area contributed by atoms with Crippen molar-refractivity contribution in [3.05, 3.63) is 34.1 Å². The van der Waals surface area contributed by atoms with Gasteiger partial charge in [-0.3, -0.25) is 10.1 Å². The third kappa shape index (κ3) is 2.15. The van der Waals surface area contributed by atoms with E-state index in [1.807, 2.05) is 6.92 Å². The first kappa shape index (κ1) is 11.3. The lowest BCUT2D eigenvalue weighted by molar-refractivity contribution is -0.384. The molecule has 2 N–H and O–H groups in total. The van der Waals surface area contributed by atoms with E-state index < -0.39 is 4.92 Å².